The third kappa shape index (κ3) is 3.55. The van der Waals surface area contributed by atoms with E-state index >= 15 is 0 Å². The van der Waals surface area contributed by atoms with Crippen molar-refractivity contribution in [2.24, 2.45) is 0 Å². The third-order valence-corrected chi connectivity index (χ3v) is 5.16. The molecule has 0 unspecified atom stereocenters. The predicted octanol–water partition coefficient (Wildman–Crippen LogP) is 0.489. The smallest absolute Gasteiger partial charge is 0.274 e. The van der Waals surface area contributed by atoms with Gasteiger partial charge in [-0.3, -0.25) is 19.1 Å². The summed E-state index contributed by atoms with van der Waals surface area (Å²) < 4.78 is 1.87. The van der Waals surface area contributed by atoms with Crippen LogP contribution in [-0.2, 0) is 22.7 Å². The van der Waals surface area contributed by atoms with Crippen LogP contribution >= 0.6 is 0 Å². The molecule has 4 heterocycles. The van der Waals surface area contributed by atoms with E-state index in [1.165, 1.54) is 0 Å². The number of aromatic nitrogens is 2. The highest BCUT2D eigenvalue weighted by Crippen LogP contribution is 2.18. The van der Waals surface area contributed by atoms with Gasteiger partial charge in [0.05, 0.1) is 25.4 Å². The molecule has 0 saturated carbocycles. The quantitative estimate of drug-likeness (QED) is 0.793. The summed E-state index contributed by atoms with van der Waals surface area (Å²) in [5.74, 6) is 0.152. The van der Waals surface area contributed by atoms with Crippen LogP contribution in [0.1, 0.15) is 41.9 Å². The second-order valence-electron chi connectivity index (χ2n) is 6.92. The highest BCUT2D eigenvalue weighted by molar-refractivity contribution is 5.92. The molecule has 0 aromatic carbocycles. The van der Waals surface area contributed by atoms with Crippen LogP contribution in [-0.4, -0.2) is 75.8 Å². The van der Waals surface area contributed by atoms with Gasteiger partial charge in [-0.05, 0) is 25.3 Å². The number of hydrogen-bond acceptors (Lipinski definition) is 5. The average Bonchev–Trinajstić information content (AvgIpc) is 3.39. The van der Waals surface area contributed by atoms with Crippen molar-refractivity contribution in [1.82, 2.24) is 24.6 Å². The molecule has 1 aromatic rings. The lowest BCUT2D eigenvalue weighted by molar-refractivity contribution is -0.140. The third-order valence-electron chi connectivity index (χ3n) is 5.16. The highest BCUT2D eigenvalue weighted by atomic mass is 16.7. The summed E-state index contributed by atoms with van der Waals surface area (Å²) in [4.78, 5) is 34.1. The van der Waals surface area contributed by atoms with Crippen LogP contribution in [0.15, 0.2) is 6.07 Å². The maximum absolute atomic E-state index is 12.5. The molecule has 136 valence electrons. The minimum Gasteiger partial charge on any atom is -0.337 e. The number of nitrogens with zero attached hydrogens (tertiary/aromatic N) is 5. The number of rotatable bonds is 4. The molecule has 0 aliphatic carbocycles. The summed E-state index contributed by atoms with van der Waals surface area (Å²) in [6.07, 6.45) is 3.64. The summed E-state index contributed by atoms with van der Waals surface area (Å²) in [6.45, 7) is 5.77. The second kappa shape index (κ2) is 7.13. The molecule has 0 bridgehead atoms. The van der Waals surface area contributed by atoms with Crippen molar-refractivity contribution in [3.05, 3.63) is 17.5 Å². The Labute approximate surface area is 147 Å². The molecule has 8 nitrogen and oxygen atoms in total. The zero-order valence-corrected chi connectivity index (χ0v) is 14.5. The van der Waals surface area contributed by atoms with Crippen molar-refractivity contribution < 1.29 is 14.4 Å². The maximum Gasteiger partial charge on any atom is 0.274 e. The maximum atomic E-state index is 12.5. The molecule has 4 rings (SSSR count). The zero-order chi connectivity index (χ0) is 17.2. The largest absolute Gasteiger partial charge is 0.337 e. The van der Waals surface area contributed by atoms with E-state index in [-0.39, 0.29) is 11.8 Å². The molecular weight excluding hydrogens is 322 g/mol. The number of hydroxylamine groups is 2. The topological polar surface area (TPSA) is 70.9 Å². The Morgan fingerprint density at radius 1 is 1.04 bits per heavy atom. The van der Waals surface area contributed by atoms with E-state index in [1.807, 2.05) is 25.6 Å². The fourth-order valence-corrected chi connectivity index (χ4v) is 3.72. The molecular formula is C17H25N5O3. The molecule has 2 saturated heterocycles. The number of likely N-dealkylation sites (tertiary alicyclic amines) is 1. The van der Waals surface area contributed by atoms with Gasteiger partial charge in [-0.15, -0.1) is 0 Å². The van der Waals surface area contributed by atoms with E-state index in [2.05, 4.69) is 5.10 Å². The molecule has 0 atom stereocenters. The Bertz CT molecular complexity index is 647. The van der Waals surface area contributed by atoms with Gasteiger partial charge in [-0.1, -0.05) is 0 Å². The van der Waals surface area contributed by atoms with Crippen molar-refractivity contribution in [2.75, 3.05) is 39.3 Å². The number of amides is 2. The van der Waals surface area contributed by atoms with Crippen molar-refractivity contribution >= 4 is 11.8 Å². The minimum atomic E-state index is 0.0171. The molecule has 0 spiro atoms. The predicted molar refractivity (Wildman–Crippen MR) is 89.5 cm³/mol. The fourth-order valence-electron chi connectivity index (χ4n) is 3.72. The van der Waals surface area contributed by atoms with Gasteiger partial charge in [0.25, 0.3) is 5.91 Å². The summed E-state index contributed by atoms with van der Waals surface area (Å²) in [7, 11) is 0. The fraction of sp³-hybridized carbons (Fsp3) is 0.706. The van der Waals surface area contributed by atoms with Gasteiger partial charge < -0.3 is 9.80 Å². The molecule has 0 radical (unpaired) electrons. The van der Waals surface area contributed by atoms with Crippen LogP contribution in [0.2, 0.25) is 0 Å². The highest BCUT2D eigenvalue weighted by Gasteiger charge is 2.27. The Morgan fingerprint density at radius 3 is 2.64 bits per heavy atom. The number of carbonyl (C=O) groups excluding carboxylic acids is 2. The molecule has 3 aliphatic rings. The summed E-state index contributed by atoms with van der Waals surface area (Å²) >= 11 is 0. The van der Waals surface area contributed by atoms with Crippen LogP contribution in [0, 0.1) is 0 Å². The lowest BCUT2D eigenvalue weighted by atomic mass is 10.2. The van der Waals surface area contributed by atoms with Crippen LogP contribution in [0.5, 0.6) is 0 Å². The van der Waals surface area contributed by atoms with Crippen LogP contribution < -0.4 is 0 Å². The first-order valence-electron chi connectivity index (χ1n) is 9.22. The van der Waals surface area contributed by atoms with Crippen LogP contribution in [0.4, 0.5) is 0 Å². The SMILES string of the molecule is O=C(CCN1CCCO1)N1CCn2nc(C(=O)N3CCCC3)cc2C1. The standard InChI is InChI=1S/C17H25N5O3/c23-16(4-8-21-7-3-11-25-21)20-9-10-22-14(13-20)12-15(18-22)17(24)19-5-1-2-6-19/h12H,1-11,13H2. The second-order valence-corrected chi connectivity index (χ2v) is 6.92. The van der Waals surface area contributed by atoms with Gasteiger partial charge in [0.2, 0.25) is 5.91 Å². The number of hydrogen-bond donors (Lipinski definition) is 0. The normalized spacial score (nSPS) is 21.0. The minimum absolute atomic E-state index is 0.0171. The van der Waals surface area contributed by atoms with Crippen molar-refractivity contribution in [2.45, 2.75) is 38.8 Å². The average molecular weight is 347 g/mol. The Morgan fingerprint density at radius 2 is 1.88 bits per heavy atom. The summed E-state index contributed by atoms with van der Waals surface area (Å²) in [6, 6.07) is 1.85. The first-order valence-corrected chi connectivity index (χ1v) is 9.22. The Balaban J connectivity index is 1.35. The van der Waals surface area contributed by atoms with Gasteiger partial charge in [-0.2, -0.15) is 10.2 Å². The molecule has 25 heavy (non-hydrogen) atoms. The Hall–Kier alpha value is -1.93. The van der Waals surface area contributed by atoms with E-state index < -0.39 is 0 Å². The number of fused-ring (bicyclic) bond motifs is 1. The van der Waals surface area contributed by atoms with Crippen LogP contribution in [0.25, 0.3) is 0 Å². The van der Waals surface area contributed by atoms with Gasteiger partial charge in [0.1, 0.15) is 0 Å². The molecule has 0 N–H and O–H groups in total. The van der Waals surface area contributed by atoms with Gasteiger partial charge in [0.15, 0.2) is 5.69 Å². The van der Waals surface area contributed by atoms with Gasteiger partial charge >= 0.3 is 0 Å². The molecule has 8 heteroatoms. The first-order chi connectivity index (χ1) is 12.2. The lowest BCUT2D eigenvalue weighted by Crippen LogP contribution is -2.39. The van der Waals surface area contributed by atoms with Gasteiger partial charge in [0, 0.05) is 39.1 Å². The monoisotopic (exact) mass is 347 g/mol. The van der Waals surface area contributed by atoms with E-state index in [9.17, 15) is 9.59 Å². The molecule has 1 aromatic heterocycles. The van der Waals surface area contributed by atoms with Crippen molar-refractivity contribution in [3.8, 4) is 0 Å². The molecule has 2 fully saturated rings. The zero-order valence-electron chi connectivity index (χ0n) is 14.5. The van der Waals surface area contributed by atoms with E-state index in [1.54, 1.807) is 0 Å². The van der Waals surface area contributed by atoms with Crippen LogP contribution in [0.3, 0.4) is 0 Å². The Kier molecular flexibility index (Phi) is 4.72. The molecule has 2 amide bonds. The van der Waals surface area contributed by atoms with E-state index in [0.29, 0.717) is 38.3 Å². The van der Waals surface area contributed by atoms with Crippen molar-refractivity contribution in [3.63, 3.8) is 0 Å². The van der Waals surface area contributed by atoms with E-state index in [4.69, 9.17) is 4.84 Å². The molecule has 3 aliphatic heterocycles. The van der Waals surface area contributed by atoms with E-state index in [0.717, 1.165) is 51.2 Å². The lowest BCUT2D eigenvalue weighted by Gasteiger charge is -2.28. The van der Waals surface area contributed by atoms with Gasteiger partial charge in [-0.25, -0.2) is 0 Å². The van der Waals surface area contributed by atoms with Crippen molar-refractivity contribution in [1.29, 1.82) is 0 Å². The number of carbonyl (C=O) groups is 2. The first kappa shape index (κ1) is 16.5. The summed E-state index contributed by atoms with van der Waals surface area (Å²) in [5.41, 5.74) is 1.45. The summed E-state index contributed by atoms with van der Waals surface area (Å²) in [5, 5.41) is 6.33.